The van der Waals surface area contributed by atoms with Crippen molar-refractivity contribution >= 4 is 40.7 Å². The van der Waals surface area contributed by atoms with E-state index in [0.29, 0.717) is 6.42 Å². The van der Waals surface area contributed by atoms with Crippen molar-refractivity contribution in [3.8, 4) is 0 Å². The van der Waals surface area contributed by atoms with Gasteiger partial charge in [0.2, 0.25) is 5.90 Å². The molecule has 1 aliphatic rings. The summed E-state index contributed by atoms with van der Waals surface area (Å²) in [7, 11) is 0. The third kappa shape index (κ3) is 3.76. The first-order valence-corrected chi connectivity index (χ1v) is 7.05. The highest BCUT2D eigenvalue weighted by Crippen LogP contribution is 2.34. The molecule has 1 aliphatic heterocycles. The highest BCUT2D eigenvalue weighted by Gasteiger charge is 2.42. The molecule has 0 saturated carbocycles. The number of aliphatic hydroxyl groups excluding tert-OH is 1. The first kappa shape index (κ1) is 14.9. The van der Waals surface area contributed by atoms with Gasteiger partial charge in [0.15, 0.2) is 0 Å². The molecule has 19 heavy (non-hydrogen) atoms. The molecule has 1 N–H and O–H groups in total. The second kappa shape index (κ2) is 5.88. The molecule has 1 aromatic carbocycles. The van der Waals surface area contributed by atoms with E-state index >= 15 is 0 Å². The Balaban J connectivity index is 2.18. The summed E-state index contributed by atoms with van der Waals surface area (Å²) in [6, 6.07) is 9.55. The van der Waals surface area contributed by atoms with Gasteiger partial charge in [-0.1, -0.05) is 65.1 Å². The van der Waals surface area contributed by atoms with Crippen LogP contribution in [0.1, 0.15) is 12.5 Å². The number of aliphatic imine (C=N–C) groups is 1. The van der Waals surface area contributed by atoms with E-state index in [0.717, 1.165) is 5.56 Å². The maximum absolute atomic E-state index is 9.76. The molecule has 0 spiro atoms. The molecule has 0 aromatic heterocycles. The predicted octanol–water partition coefficient (Wildman–Crippen LogP) is 3.15. The van der Waals surface area contributed by atoms with Crippen LogP contribution in [0.3, 0.4) is 0 Å². The first-order chi connectivity index (χ1) is 8.88. The zero-order valence-electron chi connectivity index (χ0n) is 10.3. The van der Waals surface area contributed by atoms with Gasteiger partial charge in [-0.3, -0.25) is 0 Å². The van der Waals surface area contributed by atoms with E-state index in [1.54, 1.807) is 6.92 Å². The SMILES string of the molecule is C[C@H](O)[C@H]1OC(C(Cl)(Cl)Cl)=N[C@@H]1Cc1ccccc1. The third-order valence-electron chi connectivity index (χ3n) is 2.92. The summed E-state index contributed by atoms with van der Waals surface area (Å²) in [5.74, 6) is 0.0457. The average molecular weight is 323 g/mol. The number of alkyl halides is 3. The molecule has 0 amide bonds. The number of ether oxygens (including phenoxy) is 1. The molecule has 0 unspecified atom stereocenters. The fraction of sp³-hybridized carbons (Fsp3) is 0.462. The Kier molecular flexibility index (Phi) is 4.62. The largest absolute Gasteiger partial charge is 0.470 e. The molecular formula is C13H14Cl3NO2. The van der Waals surface area contributed by atoms with Crippen LogP contribution in [-0.4, -0.2) is 33.0 Å². The summed E-state index contributed by atoms with van der Waals surface area (Å²) in [6.07, 6.45) is -0.561. The van der Waals surface area contributed by atoms with Gasteiger partial charge in [-0.05, 0) is 18.9 Å². The molecule has 3 atom stereocenters. The monoisotopic (exact) mass is 321 g/mol. The number of halogens is 3. The summed E-state index contributed by atoms with van der Waals surface area (Å²) in [5.41, 5.74) is 1.09. The van der Waals surface area contributed by atoms with Crippen molar-refractivity contribution in [2.75, 3.05) is 0 Å². The topological polar surface area (TPSA) is 41.8 Å². The molecule has 2 rings (SSSR count). The lowest BCUT2D eigenvalue weighted by Gasteiger charge is -2.21. The average Bonchev–Trinajstić information content (AvgIpc) is 2.74. The molecule has 0 radical (unpaired) electrons. The summed E-state index contributed by atoms with van der Waals surface area (Å²) in [4.78, 5) is 4.30. The molecule has 3 nitrogen and oxygen atoms in total. The van der Waals surface area contributed by atoms with Crippen LogP contribution < -0.4 is 0 Å². The van der Waals surface area contributed by atoms with E-state index in [1.165, 1.54) is 0 Å². The van der Waals surface area contributed by atoms with E-state index in [-0.39, 0.29) is 11.9 Å². The van der Waals surface area contributed by atoms with Crippen LogP contribution in [0.15, 0.2) is 35.3 Å². The van der Waals surface area contributed by atoms with Crippen LogP contribution >= 0.6 is 34.8 Å². The van der Waals surface area contributed by atoms with Gasteiger partial charge in [-0.2, -0.15) is 0 Å². The van der Waals surface area contributed by atoms with Crippen molar-refractivity contribution in [1.29, 1.82) is 0 Å². The molecule has 1 aromatic rings. The van der Waals surface area contributed by atoms with E-state index in [2.05, 4.69) is 4.99 Å². The molecule has 104 valence electrons. The standard InChI is InChI=1S/C13H14Cl3NO2/c1-8(18)11-10(7-9-5-3-2-4-6-9)17-12(19-11)13(14,15)16/h2-6,8,10-11,18H,7H2,1H3/t8-,10+,11+/m0/s1. The molecule has 0 saturated heterocycles. The summed E-state index contributed by atoms with van der Waals surface area (Å²) >= 11 is 17.3. The Bertz CT molecular complexity index is 457. The minimum absolute atomic E-state index is 0.0457. The summed E-state index contributed by atoms with van der Waals surface area (Å²) in [6.45, 7) is 1.64. The molecule has 0 aliphatic carbocycles. The van der Waals surface area contributed by atoms with Gasteiger partial charge in [0, 0.05) is 0 Å². The Morgan fingerprint density at radius 1 is 1.32 bits per heavy atom. The van der Waals surface area contributed by atoms with Crippen LogP contribution in [0.4, 0.5) is 0 Å². The molecule has 6 heteroatoms. The second-order valence-corrected chi connectivity index (χ2v) is 6.79. The smallest absolute Gasteiger partial charge is 0.266 e. The molecule has 1 heterocycles. The second-order valence-electron chi connectivity index (χ2n) is 4.51. The van der Waals surface area contributed by atoms with E-state index < -0.39 is 16.0 Å². The van der Waals surface area contributed by atoms with E-state index in [9.17, 15) is 5.11 Å². The number of nitrogens with zero attached hydrogens (tertiary/aromatic N) is 1. The Morgan fingerprint density at radius 2 is 1.95 bits per heavy atom. The van der Waals surface area contributed by atoms with Gasteiger partial charge < -0.3 is 9.84 Å². The summed E-state index contributed by atoms with van der Waals surface area (Å²) < 4.78 is 3.78. The number of rotatable bonds is 3. The Morgan fingerprint density at radius 3 is 2.47 bits per heavy atom. The van der Waals surface area contributed by atoms with Gasteiger partial charge in [0.05, 0.1) is 12.1 Å². The third-order valence-corrected chi connectivity index (χ3v) is 3.40. The van der Waals surface area contributed by atoms with Crippen molar-refractivity contribution in [3.05, 3.63) is 35.9 Å². The van der Waals surface area contributed by atoms with Crippen molar-refractivity contribution in [1.82, 2.24) is 0 Å². The zero-order valence-corrected chi connectivity index (χ0v) is 12.5. The van der Waals surface area contributed by atoms with Crippen molar-refractivity contribution < 1.29 is 9.84 Å². The quantitative estimate of drug-likeness (QED) is 0.869. The van der Waals surface area contributed by atoms with Crippen LogP contribution in [0.5, 0.6) is 0 Å². The van der Waals surface area contributed by atoms with Crippen molar-refractivity contribution in [3.63, 3.8) is 0 Å². The van der Waals surface area contributed by atoms with Crippen LogP contribution in [0.2, 0.25) is 0 Å². The molecule has 0 fully saturated rings. The Hall–Kier alpha value is -0.480. The minimum atomic E-state index is -1.70. The number of benzene rings is 1. The number of aliphatic hydroxyl groups is 1. The van der Waals surface area contributed by atoms with Gasteiger partial charge in [0.1, 0.15) is 6.10 Å². The normalized spacial score (nSPS) is 24.8. The highest BCUT2D eigenvalue weighted by molar-refractivity contribution is 6.76. The maximum Gasteiger partial charge on any atom is 0.266 e. The number of hydrogen-bond acceptors (Lipinski definition) is 3. The van der Waals surface area contributed by atoms with Crippen LogP contribution in [0, 0.1) is 0 Å². The number of hydrogen-bond donors (Lipinski definition) is 1. The van der Waals surface area contributed by atoms with Gasteiger partial charge in [-0.25, -0.2) is 4.99 Å². The minimum Gasteiger partial charge on any atom is -0.470 e. The lowest BCUT2D eigenvalue weighted by Crippen LogP contribution is -2.35. The van der Waals surface area contributed by atoms with Gasteiger partial charge in [-0.15, -0.1) is 0 Å². The molecular weight excluding hydrogens is 309 g/mol. The fourth-order valence-electron chi connectivity index (χ4n) is 2.04. The lowest BCUT2D eigenvalue weighted by atomic mass is 9.99. The summed E-state index contributed by atoms with van der Waals surface area (Å²) in [5, 5.41) is 9.76. The zero-order chi connectivity index (χ0) is 14.0. The molecule has 0 bridgehead atoms. The fourth-order valence-corrected chi connectivity index (χ4v) is 2.32. The predicted molar refractivity (Wildman–Crippen MR) is 78.2 cm³/mol. The first-order valence-electron chi connectivity index (χ1n) is 5.91. The van der Waals surface area contributed by atoms with E-state index in [4.69, 9.17) is 39.5 Å². The van der Waals surface area contributed by atoms with Crippen molar-refractivity contribution in [2.45, 2.75) is 35.4 Å². The van der Waals surface area contributed by atoms with Crippen LogP contribution in [-0.2, 0) is 11.2 Å². The lowest BCUT2D eigenvalue weighted by molar-refractivity contribution is 0.0402. The van der Waals surface area contributed by atoms with Gasteiger partial charge >= 0.3 is 0 Å². The van der Waals surface area contributed by atoms with E-state index in [1.807, 2.05) is 30.3 Å². The van der Waals surface area contributed by atoms with Crippen LogP contribution in [0.25, 0.3) is 0 Å². The highest BCUT2D eigenvalue weighted by atomic mass is 35.6. The van der Waals surface area contributed by atoms with Crippen molar-refractivity contribution in [2.24, 2.45) is 4.99 Å². The maximum atomic E-state index is 9.76. The van der Waals surface area contributed by atoms with Gasteiger partial charge in [0.25, 0.3) is 3.79 Å². The Labute approximate surface area is 127 Å².